The van der Waals surface area contributed by atoms with Crippen LogP contribution in [-0.4, -0.2) is 22.2 Å². The molecule has 1 aromatic rings. The molecule has 2 N–H and O–H groups in total. The minimum Gasteiger partial charge on any atom is -0.478 e. The summed E-state index contributed by atoms with van der Waals surface area (Å²) in [5, 5.41) is 15.6. The summed E-state index contributed by atoms with van der Waals surface area (Å²) in [5.41, 5.74) is 2.49. The number of carbonyl (C=O) groups is 2. The molecule has 0 amide bonds. The summed E-state index contributed by atoms with van der Waals surface area (Å²) in [6, 6.07) is 8.21. The van der Waals surface area contributed by atoms with Gasteiger partial charge in [-0.3, -0.25) is 0 Å². The Hall–Kier alpha value is -2.62. The second-order valence-corrected chi connectivity index (χ2v) is 3.41. The van der Waals surface area contributed by atoms with Gasteiger partial charge in [-0.2, -0.15) is 0 Å². The molecule has 0 atom stereocenters. The Morgan fingerprint density at radius 1 is 1.05 bits per heavy atom. The summed E-state index contributed by atoms with van der Waals surface area (Å²) >= 11 is 0. The highest BCUT2D eigenvalue weighted by atomic mass is 16.4. The summed E-state index contributed by atoms with van der Waals surface area (Å²) < 4.78 is 0. The first-order valence-electron chi connectivity index (χ1n) is 5.46. The van der Waals surface area contributed by atoms with Crippen LogP contribution in [0.25, 0.3) is 6.08 Å². The van der Waals surface area contributed by atoms with Gasteiger partial charge >= 0.3 is 11.9 Å². The monoisotopic (exact) mass is 260 g/mol. The SMILES string of the molecule is C=CCc1ccccc1C=C.O=C(O)C=CC(=O)O. The largest absolute Gasteiger partial charge is 0.478 e. The van der Waals surface area contributed by atoms with Crippen LogP contribution in [0.15, 0.2) is 55.7 Å². The van der Waals surface area contributed by atoms with Gasteiger partial charge in [0.25, 0.3) is 0 Å². The summed E-state index contributed by atoms with van der Waals surface area (Å²) in [6.45, 7) is 7.44. The van der Waals surface area contributed by atoms with Gasteiger partial charge in [0.05, 0.1) is 0 Å². The molecule has 0 spiro atoms. The number of carboxylic acids is 2. The summed E-state index contributed by atoms with van der Waals surface area (Å²) in [5.74, 6) is -2.51. The van der Waals surface area contributed by atoms with Crippen LogP contribution in [0.2, 0.25) is 0 Å². The van der Waals surface area contributed by atoms with Gasteiger partial charge in [-0.05, 0) is 17.5 Å². The number of benzene rings is 1. The fourth-order valence-corrected chi connectivity index (χ4v) is 1.22. The average molecular weight is 260 g/mol. The predicted octanol–water partition coefficient (Wildman–Crippen LogP) is 2.77. The molecule has 4 nitrogen and oxygen atoms in total. The van der Waals surface area contributed by atoms with Crippen molar-refractivity contribution in [3.63, 3.8) is 0 Å². The van der Waals surface area contributed by atoms with E-state index in [1.54, 1.807) is 0 Å². The Balaban J connectivity index is 0.000000362. The third-order valence-corrected chi connectivity index (χ3v) is 2.01. The van der Waals surface area contributed by atoms with Crippen LogP contribution in [-0.2, 0) is 16.0 Å². The van der Waals surface area contributed by atoms with E-state index in [-0.39, 0.29) is 0 Å². The van der Waals surface area contributed by atoms with Crippen LogP contribution in [0.3, 0.4) is 0 Å². The lowest BCUT2D eigenvalue weighted by Crippen LogP contribution is -1.91. The Bertz CT molecular complexity index is 471. The number of allylic oxidation sites excluding steroid dienone is 1. The summed E-state index contributed by atoms with van der Waals surface area (Å²) in [4.78, 5) is 19.1. The third-order valence-electron chi connectivity index (χ3n) is 2.01. The van der Waals surface area contributed by atoms with E-state index >= 15 is 0 Å². The fraction of sp³-hybridized carbons (Fsp3) is 0.0667. The lowest BCUT2D eigenvalue weighted by molar-refractivity contribution is -0.134. The molecular formula is C15H16O4. The molecule has 0 saturated carbocycles. The molecule has 0 unspecified atom stereocenters. The number of rotatable bonds is 5. The topological polar surface area (TPSA) is 74.6 Å². The highest BCUT2D eigenvalue weighted by Gasteiger charge is 1.93. The second kappa shape index (κ2) is 9.41. The van der Waals surface area contributed by atoms with Crippen LogP contribution < -0.4 is 0 Å². The van der Waals surface area contributed by atoms with Crippen molar-refractivity contribution in [2.45, 2.75) is 6.42 Å². The van der Waals surface area contributed by atoms with E-state index in [4.69, 9.17) is 10.2 Å². The molecule has 0 aromatic heterocycles. The van der Waals surface area contributed by atoms with Crippen molar-refractivity contribution in [1.29, 1.82) is 0 Å². The molecule has 1 aromatic carbocycles. The van der Waals surface area contributed by atoms with Crippen LogP contribution in [0.1, 0.15) is 11.1 Å². The Kier molecular flexibility index (Phi) is 8.12. The average Bonchev–Trinajstić information content (AvgIpc) is 2.38. The number of hydrogen-bond donors (Lipinski definition) is 2. The number of aliphatic carboxylic acids is 2. The Morgan fingerprint density at radius 3 is 2.00 bits per heavy atom. The van der Waals surface area contributed by atoms with Gasteiger partial charge in [-0.25, -0.2) is 9.59 Å². The molecule has 1 rings (SSSR count). The van der Waals surface area contributed by atoms with Gasteiger partial charge in [0.15, 0.2) is 0 Å². The van der Waals surface area contributed by atoms with E-state index in [9.17, 15) is 9.59 Å². The maximum absolute atomic E-state index is 9.55. The molecular weight excluding hydrogens is 244 g/mol. The zero-order valence-corrected chi connectivity index (χ0v) is 10.5. The van der Waals surface area contributed by atoms with E-state index in [2.05, 4.69) is 25.3 Å². The van der Waals surface area contributed by atoms with Crippen LogP contribution in [0, 0.1) is 0 Å². The zero-order valence-electron chi connectivity index (χ0n) is 10.5. The summed E-state index contributed by atoms with van der Waals surface area (Å²) in [6.07, 6.45) is 5.81. The van der Waals surface area contributed by atoms with Gasteiger partial charge in [0.2, 0.25) is 0 Å². The predicted molar refractivity (Wildman–Crippen MR) is 74.8 cm³/mol. The van der Waals surface area contributed by atoms with E-state index in [1.165, 1.54) is 11.1 Å². The lowest BCUT2D eigenvalue weighted by atomic mass is 10.1. The van der Waals surface area contributed by atoms with E-state index in [1.807, 2.05) is 24.3 Å². The van der Waals surface area contributed by atoms with Crippen molar-refractivity contribution >= 4 is 18.0 Å². The molecule has 19 heavy (non-hydrogen) atoms. The van der Waals surface area contributed by atoms with Gasteiger partial charge in [-0.15, -0.1) is 6.58 Å². The van der Waals surface area contributed by atoms with E-state index in [0.717, 1.165) is 6.42 Å². The first-order valence-corrected chi connectivity index (χ1v) is 5.46. The minimum atomic E-state index is -1.26. The van der Waals surface area contributed by atoms with E-state index < -0.39 is 11.9 Å². The Labute approximate surface area is 112 Å². The normalized spacial score (nSPS) is 9.26. The van der Waals surface area contributed by atoms with Gasteiger partial charge in [-0.1, -0.05) is 43.0 Å². The van der Waals surface area contributed by atoms with Crippen LogP contribution in [0.4, 0.5) is 0 Å². The second-order valence-electron chi connectivity index (χ2n) is 3.41. The highest BCUT2D eigenvalue weighted by molar-refractivity contribution is 5.89. The van der Waals surface area contributed by atoms with Gasteiger partial charge < -0.3 is 10.2 Å². The van der Waals surface area contributed by atoms with Gasteiger partial charge in [0.1, 0.15) is 0 Å². The van der Waals surface area contributed by atoms with Crippen LogP contribution in [0.5, 0.6) is 0 Å². The molecule has 100 valence electrons. The molecule has 0 saturated heterocycles. The van der Waals surface area contributed by atoms with Crippen molar-refractivity contribution < 1.29 is 19.8 Å². The van der Waals surface area contributed by atoms with Crippen molar-refractivity contribution in [1.82, 2.24) is 0 Å². The molecule has 0 aliphatic carbocycles. The maximum atomic E-state index is 9.55. The zero-order chi connectivity index (χ0) is 14.7. The smallest absolute Gasteiger partial charge is 0.328 e. The van der Waals surface area contributed by atoms with E-state index in [0.29, 0.717) is 12.2 Å². The quantitative estimate of drug-likeness (QED) is 0.630. The third kappa shape index (κ3) is 8.15. The van der Waals surface area contributed by atoms with Crippen LogP contribution >= 0.6 is 0 Å². The number of hydrogen-bond acceptors (Lipinski definition) is 2. The standard InChI is InChI=1S/C11H12.C4H4O4/c1-3-7-11-9-6-5-8-10(11)4-2;5-3(6)1-2-4(7)8/h3-6,8-9H,1-2,7H2;1-2H,(H,5,6)(H,7,8). The maximum Gasteiger partial charge on any atom is 0.328 e. The van der Waals surface area contributed by atoms with Crippen molar-refractivity contribution in [3.8, 4) is 0 Å². The van der Waals surface area contributed by atoms with Crippen molar-refractivity contribution in [3.05, 3.63) is 66.8 Å². The molecule has 0 heterocycles. The first kappa shape index (κ1) is 16.4. The molecule has 0 radical (unpaired) electrons. The molecule has 0 aliphatic heterocycles. The first-order chi connectivity index (χ1) is 9.01. The highest BCUT2D eigenvalue weighted by Crippen LogP contribution is 2.10. The number of carboxylic acid groups (broad SMARTS) is 2. The lowest BCUT2D eigenvalue weighted by Gasteiger charge is -2.00. The van der Waals surface area contributed by atoms with Crippen molar-refractivity contribution in [2.24, 2.45) is 0 Å². The Morgan fingerprint density at radius 2 is 1.58 bits per heavy atom. The molecule has 0 aliphatic rings. The molecule has 0 fully saturated rings. The summed E-state index contributed by atoms with van der Waals surface area (Å²) in [7, 11) is 0. The van der Waals surface area contributed by atoms with Gasteiger partial charge in [0, 0.05) is 12.2 Å². The minimum absolute atomic E-state index is 0.558. The van der Waals surface area contributed by atoms with Crippen molar-refractivity contribution in [2.75, 3.05) is 0 Å². The molecule has 4 heteroatoms. The molecule has 0 bridgehead atoms. The fourth-order valence-electron chi connectivity index (χ4n) is 1.22.